The molecule has 300 valence electrons. The van der Waals surface area contributed by atoms with Crippen molar-refractivity contribution >= 4 is 18.1 Å². The molecule has 2 saturated heterocycles. The van der Waals surface area contributed by atoms with E-state index in [1.165, 1.54) is 24.1 Å². The number of amides is 3. The Balaban J connectivity index is 1.17. The molecule has 1 aromatic carbocycles. The van der Waals surface area contributed by atoms with Crippen molar-refractivity contribution in [1.29, 1.82) is 0 Å². The number of aromatic amines is 2. The van der Waals surface area contributed by atoms with Crippen LogP contribution in [0, 0.1) is 11.8 Å². The number of likely N-dealkylation sites (tertiary alicyclic amines) is 2. The fourth-order valence-electron chi connectivity index (χ4n) is 7.39. The first-order valence-corrected chi connectivity index (χ1v) is 18.7. The Bertz CT molecular complexity index is 2000. The van der Waals surface area contributed by atoms with E-state index in [1.807, 2.05) is 13.8 Å². The molecule has 0 aliphatic carbocycles. The number of carboxylic acid groups (broad SMARTS) is 1. The van der Waals surface area contributed by atoms with E-state index in [1.54, 1.807) is 44.6 Å². The number of nitrogens with zero attached hydrogens (tertiary/aromatic N) is 6. The first-order chi connectivity index (χ1) is 26.6. The molecule has 15 nitrogen and oxygen atoms in total. The second kappa shape index (κ2) is 16.7. The summed E-state index contributed by atoms with van der Waals surface area (Å²) in [5.74, 6) is 0.553. The summed E-state index contributed by atoms with van der Waals surface area (Å²) >= 11 is 0. The van der Waals surface area contributed by atoms with Gasteiger partial charge in [0.15, 0.2) is 5.82 Å². The lowest BCUT2D eigenvalue weighted by molar-refractivity contribution is -0.140. The van der Waals surface area contributed by atoms with Crippen molar-refractivity contribution in [2.75, 3.05) is 26.7 Å². The SMILES string of the molecule is COC(=O)N[C@H](C(=O)N1CCC[C@H]1c1nc(-c2ccc(-c3ncc(-c4cnc([C@@H]5CCCN5C[C@@H](NC(=O)O)C(C)C)[nH]4)cn3)cc2)c(C(F)(F)F)[nH]1)C(C)C. The maximum atomic E-state index is 14.4. The number of alkyl carbamates (subject to hydrolysis) is 1. The summed E-state index contributed by atoms with van der Waals surface area (Å²) in [5, 5.41) is 14.5. The van der Waals surface area contributed by atoms with Crippen LogP contribution in [0.3, 0.4) is 0 Å². The number of carbonyl (C=O) groups excluding carboxylic acids is 2. The lowest BCUT2D eigenvalue weighted by Gasteiger charge is -2.30. The normalized spacial score (nSPS) is 18.7. The van der Waals surface area contributed by atoms with Gasteiger partial charge >= 0.3 is 18.4 Å². The van der Waals surface area contributed by atoms with Gasteiger partial charge in [-0.05, 0) is 44.1 Å². The Kier molecular flexibility index (Phi) is 12.0. The summed E-state index contributed by atoms with van der Waals surface area (Å²) in [6.07, 6.45) is 1.23. The highest BCUT2D eigenvalue weighted by atomic mass is 19.4. The van der Waals surface area contributed by atoms with Gasteiger partial charge in [0.2, 0.25) is 5.91 Å². The molecule has 18 heteroatoms. The third kappa shape index (κ3) is 8.79. The summed E-state index contributed by atoms with van der Waals surface area (Å²) in [6, 6.07) is 4.42. The summed E-state index contributed by atoms with van der Waals surface area (Å²) in [5.41, 5.74) is 0.889. The van der Waals surface area contributed by atoms with Gasteiger partial charge in [-0.15, -0.1) is 0 Å². The van der Waals surface area contributed by atoms with Gasteiger partial charge in [0, 0.05) is 48.2 Å². The number of carbonyl (C=O) groups is 3. The van der Waals surface area contributed by atoms with Crippen molar-refractivity contribution < 1.29 is 37.4 Å². The summed E-state index contributed by atoms with van der Waals surface area (Å²) in [6.45, 7) is 9.19. The zero-order chi connectivity index (χ0) is 40.3. The van der Waals surface area contributed by atoms with Crippen molar-refractivity contribution in [3.05, 3.63) is 60.2 Å². The Labute approximate surface area is 321 Å². The number of rotatable bonds is 12. The fraction of sp³-hybridized carbons (Fsp3) is 0.500. The molecule has 3 aromatic heterocycles. The highest BCUT2D eigenvalue weighted by Crippen LogP contribution is 2.40. The van der Waals surface area contributed by atoms with E-state index >= 15 is 0 Å². The van der Waals surface area contributed by atoms with Crippen molar-refractivity contribution in [2.45, 2.75) is 83.7 Å². The van der Waals surface area contributed by atoms with Gasteiger partial charge in [-0.2, -0.15) is 13.2 Å². The highest BCUT2D eigenvalue weighted by molar-refractivity contribution is 5.86. The number of methoxy groups -OCH3 is 1. The number of imidazole rings is 2. The first-order valence-electron chi connectivity index (χ1n) is 18.7. The van der Waals surface area contributed by atoms with Gasteiger partial charge in [0.1, 0.15) is 29.1 Å². The van der Waals surface area contributed by atoms with E-state index in [2.05, 4.69) is 50.2 Å². The van der Waals surface area contributed by atoms with Crippen molar-refractivity contribution in [3.8, 4) is 33.9 Å². The minimum Gasteiger partial charge on any atom is -0.465 e. The second-order valence-corrected chi connectivity index (χ2v) is 14.9. The maximum absolute atomic E-state index is 14.4. The summed E-state index contributed by atoms with van der Waals surface area (Å²) < 4.78 is 47.8. The molecule has 0 saturated carbocycles. The number of alkyl halides is 3. The van der Waals surface area contributed by atoms with Crippen molar-refractivity contribution in [3.63, 3.8) is 0 Å². The topological polar surface area (TPSA) is 194 Å². The van der Waals surface area contributed by atoms with E-state index in [0.29, 0.717) is 48.6 Å². The van der Waals surface area contributed by atoms with Crippen LogP contribution in [-0.2, 0) is 15.7 Å². The third-order valence-electron chi connectivity index (χ3n) is 10.4. The standard InChI is InChI=1S/C38H47F3N10O5/c1-20(2)26(46-36(53)54)19-50-14-6-8-27(50)33-44-18-25(45-33)24-16-42-32(43-17-24)23-12-10-22(11-13-23)30-31(38(39,40)41)49-34(47-30)28-9-7-15-51(28)35(52)29(21(3)4)48-37(55)56-5/h10-13,16-18,20-21,26-29,46H,6-9,14-15,19H2,1-5H3,(H,44,45)(H,47,49)(H,48,55)(H,53,54)/t26-,27+,28+,29+/m1/s1. The van der Waals surface area contributed by atoms with E-state index in [4.69, 9.17) is 0 Å². The van der Waals surface area contributed by atoms with Gasteiger partial charge in [-0.25, -0.2) is 29.5 Å². The van der Waals surface area contributed by atoms with E-state index in [-0.39, 0.29) is 41.0 Å². The molecule has 56 heavy (non-hydrogen) atoms. The molecule has 0 spiro atoms. The Morgan fingerprint density at radius 2 is 1.54 bits per heavy atom. The molecular formula is C38H47F3N10O5. The fourth-order valence-corrected chi connectivity index (χ4v) is 7.39. The van der Waals surface area contributed by atoms with Crippen LogP contribution < -0.4 is 10.6 Å². The van der Waals surface area contributed by atoms with Crippen LogP contribution in [0.25, 0.3) is 33.9 Å². The quantitative estimate of drug-likeness (QED) is 0.107. The first kappa shape index (κ1) is 40.2. The molecule has 3 amide bonds. The van der Waals surface area contributed by atoms with Gasteiger partial charge in [-0.1, -0.05) is 52.0 Å². The summed E-state index contributed by atoms with van der Waals surface area (Å²) in [4.78, 5) is 64.5. The van der Waals surface area contributed by atoms with Gasteiger partial charge in [0.25, 0.3) is 0 Å². The van der Waals surface area contributed by atoms with Crippen LogP contribution in [0.15, 0.2) is 42.9 Å². The molecule has 5 N–H and O–H groups in total. The number of benzene rings is 1. The van der Waals surface area contributed by atoms with Crippen LogP contribution in [0.1, 0.15) is 82.8 Å². The minimum atomic E-state index is -4.75. The van der Waals surface area contributed by atoms with Gasteiger partial charge in [-0.3, -0.25) is 9.69 Å². The number of halogens is 3. The Morgan fingerprint density at radius 1 is 0.875 bits per heavy atom. The van der Waals surface area contributed by atoms with E-state index in [0.717, 1.165) is 25.2 Å². The largest absolute Gasteiger partial charge is 0.465 e. The third-order valence-corrected chi connectivity index (χ3v) is 10.4. The number of hydrogen-bond acceptors (Lipinski definition) is 9. The summed E-state index contributed by atoms with van der Waals surface area (Å²) in [7, 11) is 1.19. The monoisotopic (exact) mass is 780 g/mol. The van der Waals surface area contributed by atoms with E-state index < -0.39 is 42.0 Å². The van der Waals surface area contributed by atoms with Crippen LogP contribution in [-0.4, -0.2) is 102 Å². The number of hydrogen-bond donors (Lipinski definition) is 5. The van der Waals surface area contributed by atoms with Crippen LogP contribution in [0.4, 0.5) is 22.8 Å². The van der Waals surface area contributed by atoms with Gasteiger partial charge < -0.3 is 35.3 Å². The smallest absolute Gasteiger partial charge is 0.433 e. The number of ether oxygens (including phenoxy) is 1. The molecule has 4 atom stereocenters. The number of nitrogens with one attached hydrogen (secondary N) is 4. The Morgan fingerprint density at radius 3 is 2.16 bits per heavy atom. The average Bonchev–Trinajstić information content (AvgIpc) is 3.99. The van der Waals surface area contributed by atoms with Crippen LogP contribution in [0.2, 0.25) is 0 Å². The lowest BCUT2D eigenvalue weighted by Crippen LogP contribution is -2.51. The molecule has 2 fully saturated rings. The molecule has 0 radical (unpaired) electrons. The minimum absolute atomic E-state index is 0.00918. The molecule has 6 rings (SSSR count). The van der Waals surface area contributed by atoms with Gasteiger partial charge in [0.05, 0.1) is 31.1 Å². The lowest BCUT2D eigenvalue weighted by atomic mass is 10.0. The predicted octanol–water partition coefficient (Wildman–Crippen LogP) is 6.42. The Hall–Kier alpha value is -5.52. The highest BCUT2D eigenvalue weighted by Gasteiger charge is 2.42. The van der Waals surface area contributed by atoms with Crippen LogP contribution >= 0.6 is 0 Å². The number of H-pyrrole nitrogens is 2. The van der Waals surface area contributed by atoms with E-state index in [9.17, 15) is 32.7 Å². The zero-order valence-electron chi connectivity index (χ0n) is 31.9. The molecular weight excluding hydrogens is 733 g/mol. The molecule has 2 aliphatic rings. The molecule has 4 aromatic rings. The molecule has 5 heterocycles. The molecule has 0 bridgehead atoms. The predicted molar refractivity (Wildman–Crippen MR) is 199 cm³/mol. The molecule has 0 unspecified atom stereocenters. The van der Waals surface area contributed by atoms with Crippen LogP contribution in [0.5, 0.6) is 0 Å². The number of aromatic nitrogens is 6. The zero-order valence-corrected chi connectivity index (χ0v) is 31.9. The maximum Gasteiger partial charge on any atom is 0.433 e. The van der Waals surface area contributed by atoms with Crippen molar-refractivity contribution in [1.82, 2.24) is 50.3 Å². The molecule has 2 aliphatic heterocycles. The van der Waals surface area contributed by atoms with Crippen molar-refractivity contribution in [2.24, 2.45) is 11.8 Å². The second-order valence-electron chi connectivity index (χ2n) is 14.9. The average molecular weight is 781 g/mol.